The van der Waals surface area contributed by atoms with Crippen LogP contribution in [-0.2, 0) is 10.0 Å². The minimum absolute atomic E-state index is 0.0388. The molecular weight excluding hydrogens is 571 g/mol. The van der Waals surface area contributed by atoms with Gasteiger partial charge in [0.15, 0.2) is 10.4 Å². The lowest BCUT2D eigenvalue weighted by Crippen LogP contribution is -2.31. The number of amides is 1. The first-order valence-electron chi connectivity index (χ1n) is 7.77. The van der Waals surface area contributed by atoms with Gasteiger partial charge in [0.05, 0.1) is 18.1 Å². The number of benzene rings is 1. The Kier molecular flexibility index (Phi) is 5.98. The quantitative estimate of drug-likeness (QED) is 0.569. The fraction of sp³-hybridized carbons (Fsp3) is 0.333. The van der Waals surface area contributed by atoms with E-state index < -0.39 is 44.7 Å². The summed E-state index contributed by atoms with van der Waals surface area (Å²) < 4.78 is 71.5. The fourth-order valence-corrected chi connectivity index (χ4v) is 5.70. The van der Waals surface area contributed by atoms with Crippen LogP contribution in [0.2, 0.25) is 5.02 Å². The smallest absolute Gasteiger partial charge is 0.393 e. The topological polar surface area (TPSA) is 90.3 Å². The molecule has 3 rings (SSSR count). The van der Waals surface area contributed by atoms with Crippen molar-refractivity contribution in [2.75, 3.05) is 7.11 Å². The molecule has 158 valence electrons. The molecule has 0 spiro atoms. The summed E-state index contributed by atoms with van der Waals surface area (Å²) in [6, 6.07) is 2.90. The van der Waals surface area contributed by atoms with Crippen LogP contribution in [0.3, 0.4) is 0 Å². The molecule has 0 bridgehead atoms. The first-order chi connectivity index (χ1) is 13.4. The maximum absolute atomic E-state index is 12.9. The van der Waals surface area contributed by atoms with E-state index >= 15 is 0 Å². The third kappa shape index (κ3) is 4.42. The Bertz CT molecular complexity index is 1090. The van der Waals surface area contributed by atoms with Crippen LogP contribution in [0, 0.1) is 5.92 Å². The Hall–Kier alpha value is -1.31. The van der Waals surface area contributed by atoms with Crippen molar-refractivity contribution in [2.45, 2.75) is 23.5 Å². The maximum Gasteiger partial charge on any atom is 0.393 e. The molecule has 29 heavy (non-hydrogen) atoms. The second-order valence-corrected chi connectivity index (χ2v) is 9.59. The molecule has 1 N–H and O–H groups in total. The highest BCUT2D eigenvalue weighted by atomic mass is 79.9. The number of sulfonamides is 1. The van der Waals surface area contributed by atoms with Gasteiger partial charge in [0.2, 0.25) is 0 Å². The molecule has 0 radical (unpaired) electrons. The number of hydrogen-bond acceptors (Lipinski definition) is 5. The molecular formula is C15H11Br2ClF3N3O4S. The Labute approximate surface area is 184 Å². The summed E-state index contributed by atoms with van der Waals surface area (Å²) in [4.78, 5) is 15.9. The number of halogens is 6. The minimum atomic E-state index is -4.41. The van der Waals surface area contributed by atoms with Crippen LogP contribution in [0.5, 0.6) is 5.75 Å². The van der Waals surface area contributed by atoms with Crippen LogP contribution in [0.1, 0.15) is 23.0 Å². The number of aromatic nitrogens is 2. The van der Waals surface area contributed by atoms with E-state index in [1.54, 1.807) is 0 Å². The maximum atomic E-state index is 12.9. The zero-order chi connectivity index (χ0) is 21.7. The molecule has 2 aromatic rings. The van der Waals surface area contributed by atoms with Crippen LogP contribution in [-0.4, -0.2) is 37.2 Å². The van der Waals surface area contributed by atoms with Crippen LogP contribution in [0.15, 0.2) is 32.4 Å². The van der Waals surface area contributed by atoms with E-state index in [2.05, 4.69) is 36.8 Å². The van der Waals surface area contributed by atoms with E-state index in [-0.39, 0.29) is 26.5 Å². The minimum Gasteiger partial charge on any atom is -0.497 e. The van der Waals surface area contributed by atoms with Gasteiger partial charge in [0.25, 0.3) is 15.9 Å². The van der Waals surface area contributed by atoms with Gasteiger partial charge in [0.1, 0.15) is 15.2 Å². The normalized spacial score (nSPS) is 19.1. The second-order valence-electron chi connectivity index (χ2n) is 6.07. The summed E-state index contributed by atoms with van der Waals surface area (Å²) >= 11 is 12.0. The van der Waals surface area contributed by atoms with Gasteiger partial charge in [-0.25, -0.2) is 18.1 Å². The summed E-state index contributed by atoms with van der Waals surface area (Å²) in [5, 5.41) is -0.150. The van der Waals surface area contributed by atoms with E-state index in [1.165, 1.54) is 19.2 Å². The molecule has 1 aromatic heterocycles. The molecule has 1 heterocycles. The molecule has 0 aliphatic heterocycles. The molecule has 1 unspecified atom stereocenters. The van der Waals surface area contributed by atoms with Gasteiger partial charge in [-0.15, -0.1) is 0 Å². The Balaban J connectivity index is 1.88. The number of rotatable bonds is 5. The van der Waals surface area contributed by atoms with Crippen molar-refractivity contribution in [1.82, 2.24) is 14.3 Å². The molecule has 1 saturated carbocycles. The van der Waals surface area contributed by atoms with Crippen molar-refractivity contribution in [3.63, 3.8) is 0 Å². The number of carbonyl (C=O) groups is 1. The lowest BCUT2D eigenvalue weighted by atomic mass is 10.3. The number of hydrogen-bond donors (Lipinski definition) is 1. The molecule has 14 heteroatoms. The van der Waals surface area contributed by atoms with Gasteiger partial charge in [-0.05, 0) is 50.4 Å². The van der Waals surface area contributed by atoms with Crippen molar-refractivity contribution >= 4 is 59.4 Å². The Morgan fingerprint density at radius 2 is 2.03 bits per heavy atom. The summed E-state index contributed by atoms with van der Waals surface area (Å²) in [6.45, 7) is 0. The molecule has 2 atom stereocenters. The summed E-state index contributed by atoms with van der Waals surface area (Å²) in [6.07, 6.45) is -4.56. The van der Waals surface area contributed by atoms with Gasteiger partial charge in [0, 0.05) is 12.1 Å². The number of methoxy groups -OCH3 is 1. The van der Waals surface area contributed by atoms with Crippen molar-refractivity contribution in [3.05, 3.63) is 38.3 Å². The third-order valence-corrected chi connectivity index (χ3v) is 7.32. The monoisotopic (exact) mass is 579 g/mol. The highest BCUT2D eigenvalue weighted by molar-refractivity contribution is 9.11. The highest BCUT2D eigenvalue weighted by Gasteiger charge is 2.57. The largest absolute Gasteiger partial charge is 0.497 e. The number of alkyl halides is 3. The Morgan fingerprint density at radius 1 is 1.38 bits per heavy atom. The van der Waals surface area contributed by atoms with Crippen LogP contribution in [0.25, 0.3) is 0 Å². The van der Waals surface area contributed by atoms with Gasteiger partial charge in [-0.2, -0.15) is 13.2 Å². The average molecular weight is 582 g/mol. The zero-order valence-corrected chi connectivity index (χ0v) is 19.0. The van der Waals surface area contributed by atoms with Crippen LogP contribution < -0.4 is 9.46 Å². The van der Waals surface area contributed by atoms with E-state index in [0.717, 1.165) is 10.6 Å². The molecule has 1 fully saturated rings. The Morgan fingerprint density at radius 3 is 2.59 bits per heavy atom. The predicted octanol–water partition coefficient (Wildman–Crippen LogP) is 4.31. The third-order valence-electron chi connectivity index (χ3n) is 4.19. The predicted molar refractivity (Wildman–Crippen MR) is 103 cm³/mol. The molecule has 1 aromatic carbocycles. The van der Waals surface area contributed by atoms with Crippen molar-refractivity contribution < 1.29 is 31.1 Å². The molecule has 0 saturated heterocycles. The molecule has 7 nitrogen and oxygen atoms in total. The highest BCUT2D eigenvalue weighted by Crippen LogP contribution is 2.55. The standard InChI is InChI=1S/C15H11Br2ClF3N3O4S/c1-28-6-2-3-8(18)10(4-6)29(26,27)23-13(25)11-12(16)24(14(17)22-11)9-5-7(9)15(19,20)21/h2-4,7,9H,5H2,1H3,(H,23,25)/t7?,9-/m0/s1. The van der Waals surface area contributed by atoms with E-state index in [9.17, 15) is 26.4 Å². The van der Waals surface area contributed by atoms with E-state index in [4.69, 9.17) is 16.3 Å². The summed E-state index contributed by atoms with van der Waals surface area (Å²) in [7, 11) is -3.08. The number of nitrogens with one attached hydrogen (secondary N) is 1. The van der Waals surface area contributed by atoms with Gasteiger partial charge in [-0.1, -0.05) is 11.6 Å². The van der Waals surface area contributed by atoms with Crippen molar-refractivity contribution in [2.24, 2.45) is 5.92 Å². The van der Waals surface area contributed by atoms with Gasteiger partial charge < -0.3 is 9.30 Å². The van der Waals surface area contributed by atoms with Crippen LogP contribution >= 0.6 is 43.5 Å². The molecule has 1 amide bonds. The van der Waals surface area contributed by atoms with E-state index in [1.807, 2.05) is 4.72 Å². The van der Waals surface area contributed by atoms with Crippen molar-refractivity contribution in [1.29, 1.82) is 0 Å². The number of carbonyl (C=O) groups excluding carboxylic acids is 1. The SMILES string of the molecule is COc1ccc(Cl)c(S(=O)(=O)NC(=O)c2nc(Br)n([C@H]3CC3C(F)(F)F)c2Br)c1. The molecule has 1 aliphatic carbocycles. The zero-order valence-electron chi connectivity index (χ0n) is 14.3. The average Bonchev–Trinajstić information content (AvgIpc) is 3.34. The van der Waals surface area contributed by atoms with Gasteiger partial charge in [-0.3, -0.25) is 4.79 Å². The lowest BCUT2D eigenvalue weighted by Gasteiger charge is -2.10. The number of nitrogens with zero attached hydrogens (tertiary/aromatic N) is 2. The fourth-order valence-electron chi connectivity index (χ4n) is 2.67. The first-order valence-corrected chi connectivity index (χ1v) is 11.2. The lowest BCUT2D eigenvalue weighted by molar-refractivity contribution is -0.150. The molecule has 1 aliphatic rings. The summed E-state index contributed by atoms with van der Waals surface area (Å²) in [5.74, 6) is -2.51. The second kappa shape index (κ2) is 7.75. The number of imidazole rings is 1. The van der Waals surface area contributed by atoms with Crippen LogP contribution in [0.4, 0.5) is 13.2 Å². The van der Waals surface area contributed by atoms with Gasteiger partial charge >= 0.3 is 6.18 Å². The summed E-state index contributed by atoms with van der Waals surface area (Å²) in [5.41, 5.74) is -0.396. The first kappa shape index (κ1) is 22.4. The van der Waals surface area contributed by atoms with E-state index in [0.29, 0.717) is 0 Å². The number of ether oxygens (including phenoxy) is 1. The van der Waals surface area contributed by atoms with Crippen molar-refractivity contribution in [3.8, 4) is 5.75 Å².